The Balaban J connectivity index is 2.09. The van der Waals surface area contributed by atoms with E-state index in [9.17, 15) is 9.59 Å². The number of rotatable bonds is 5. The van der Waals surface area contributed by atoms with Gasteiger partial charge in [0, 0.05) is 15.7 Å². The SMILES string of the molecule is CCOC(=O)c1cc(-c2cccc(Br)c2)[nH]c1C(=O)c1ccccc1. The van der Waals surface area contributed by atoms with Gasteiger partial charge in [0.1, 0.15) is 5.69 Å². The maximum atomic E-state index is 12.8. The first-order chi connectivity index (χ1) is 12.1. The van der Waals surface area contributed by atoms with Crippen molar-refractivity contribution in [3.63, 3.8) is 0 Å². The maximum Gasteiger partial charge on any atom is 0.340 e. The minimum absolute atomic E-state index is 0.236. The normalized spacial score (nSPS) is 10.5. The van der Waals surface area contributed by atoms with Crippen LogP contribution in [0.4, 0.5) is 0 Å². The largest absolute Gasteiger partial charge is 0.462 e. The van der Waals surface area contributed by atoms with E-state index in [1.807, 2.05) is 30.3 Å². The standard InChI is InChI=1S/C20H16BrNO3/c1-2-25-20(24)16-12-17(14-9-6-10-15(21)11-14)22-18(16)19(23)13-7-4-3-5-8-13/h3-12,22H,2H2,1H3. The number of ketones is 1. The second-order valence-corrected chi connectivity index (χ2v) is 6.31. The van der Waals surface area contributed by atoms with Crippen LogP contribution in [0.15, 0.2) is 65.1 Å². The number of esters is 1. The second-order valence-electron chi connectivity index (χ2n) is 5.40. The van der Waals surface area contributed by atoms with Gasteiger partial charge in [-0.3, -0.25) is 4.79 Å². The summed E-state index contributed by atoms with van der Waals surface area (Å²) in [4.78, 5) is 28.2. The zero-order valence-corrected chi connectivity index (χ0v) is 15.2. The number of carbonyl (C=O) groups is 2. The number of hydrogen-bond donors (Lipinski definition) is 1. The molecule has 0 aliphatic heterocycles. The molecule has 0 aliphatic carbocycles. The van der Waals surface area contributed by atoms with Crippen molar-refractivity contribution >= 4 is 27.7 Å². The summed E-state index contributed by atoms with van der Waals surface area (Å²) in [5, 5.41) is 0. The summed E-state index contributed by atoms with van der Waals surface area (Å²) in [5.41, 5.74) is 2.54. The Morgan fingerprint density at radius 2 is 1.80 bits per heavy atom. The van der Waals surface area contributed by atoms with E-state index in [2.05, 4.69) is 20.9 Å². The highest BCUT2D eigenvalue weighted by Gasteiger charge is 2.23. The molecule has 1 heterocycles. The van der Waals surface area contributed by atoms with Gasteiger partial charge in [-0.05, 0) is 30.7 Å². The third-order valence-electron chi connectivity index (χ3n) is 3.71. The number of aromatic nitrogens is 1. The fourth-order valence-corrected chi connectivity index (χ4v) is 2.95. The van der Waals surface area contributed by atoms with Gasteiger partial charge in [-0.25, -0.2) is 4.79 Å². The van der Waals surface area contributed by atoms with Crippen molar-refractivity contribution < 1.29 is 14.3 Å². The first-order valence-electron chi connectivity index (χ1n) is 7.86. The molecule has 0 saturated carbocycles. The lowest BCUT2D eigenvalue weighted by Gasteiger charge is -2.03. The molecule has 0 fully saturated rings. The molecule has 0 spiro atoms. The monoisotopic (exact) mass is 397 g/mol. The van der Waals surface area contributed by atoms with Crippen LogP contribution in [0.25, 0.3) is 11.3 Å². The summed E-state index contributed by atoms with van der Waals surface area (Å²) in [6, 6.07) is 18.1. The lowest BCUT2D eigenvalue weighted by Crippen LogP contribution is -2.11. The van der Waals surface area contributed by atoms with Gasteiger partial charge >= 0.3 is 5.97 Å². The highest BCUT2D eigenvalue weighted by Crippen LogP contribution is 2.26. The second kappa shape index (κ2) is 7.49. The summed E-state index contributed by atoms with van der Waals surface area (Å²) >= 11 is 3.43. The number of aromatic amines is 1. The summed E-state index contributed by atoms with van der Waals surface area (Å²) in [7, 11) is 0. The van der Waals surface area contributed by atoms with Gasteiger partial charge < -0.3 is 9.72 Å². The van der Waals surface area contributed by atoms with E-state index in [1.165, 1.54) is 0 Å². The maximum absolute atomic E-state index is 12.8. The van der Waals surface area contributed by atoms with Gasteiger partial charge in [-0.2, -0.15) is 0 Å². The molecule has 3 rings (SSSR count). The zero-order chi connectivity index (χ0) is 17.8. The third kappa shape index (κ3) is 3.72. The van der Waals surface area contributed by atoms with Crippen LogP contribution in [-0.4, -0.2) is 23.3 Å². The van der Waals surface area contributed by atoms with Crippen molar-refractivity contribution in [3.8, 4) is 11.3 Å². The zero-order valence-electron chi connectivity index (χ0n) is 13.6. The highest BCUT2D eigenvalue weighted by atomic mass is 79.9. The van der Waals surface area contributed by atoms with Gasteiger partial charge in [0.15, 0.2) is 0 Å². The van der Waals surface area contributed by atoms with Crippen LogP contribution < -0.4 is 0 Å². The number of hydrogen-bond acceptors (Lipinski definition) is 3. The quantitative estimate of drug-likeness (QED) is 0.494. The molecule has 0 unspecified atom stereocenters. The molecule has 126 valence electrons. The van der Waals surface area contributed by atoms with Crippen molar-refractivity contribution in [2.24, 2.45) is 0 Å². The van der Waals surface area contributed by atoms with Crippen molar-refractivity contribution in [1.82, 2.24) is 4.98 Å². The van der Waals surface area contributed by atoms with Crippen LogP contribution in [0.1, 0.15) is 33.3 Å². The van der Waals surface area contributed by atoms with Crippen LogP contribution in [0.2, 0.25) is 0 Å². The summed E-state index contributed by atoms with van der Waals surface area (Å²) in [6.07, 6.45) is 0. The fourth-order valence-electron chi connectivity index (χ4n) is 2.55. The lowest BCUT2D eigenvalue weighted by molar-refractivity contribution is 0.0523. The van der Waals surface area contributed by atoms with E-state index >= 15 is 0 Å². The van der Waals surface area contributed by atoms with Gasteiger partial charge in [-0.1, -0.05) is 58.4 Å². The molecule has 2 aromatic carbocycles. The fraction of sp³-hybridized carbons (Fsp3) is 0.100. The first-order valence-corrected chi connectivity index (χ1v) is 8.65. The predicted molar refractivity (Wildman–Crippen MR) is 99.8 cm³/mol. The molecule has 1 N–H and O–H groups in total. The molecule has 3 aromatic rings. The third-order valence-corrected chi connectivity index (χ3v) is 4.20. The van der Waals surface area contributed by atoms with E-state index in [4.69, 9.17) is 4.74 Å². The van der Waals surface area contributed by atoms with Crippen molar-refractivity contribution in [3.05, 3.63) is 82.0 Å². The molecule has 0 aliphatic rings. The Hall–Kier alpha value is -2.66. The Morgan fingerprint density at radius 3 is 2.48 bits per heavy atom. The van der Waals surface area contributed by atoms with Crippen molar-refractivity contribution in [2.75, 3.05) is 6.61 Å². The molecule has 0 amide bonds. The van der Waals surface area contributed by atoms with Crippen LogP contribution in [0.3, 0.4) is 0 Å². The van der Waals surface area contributed by atoms with E-state index in [0.717, 1.165) is 10.0 Å². The minimum Gasteiger partial charge on any atom is -0.462 e. The summed E-state index contributed by atoms with van der Waals surface area (Å²) < 4.78 is 6.02. The Kier molecular flexibility index (Phi) is 5.14. The van der Waals surface area contributed by atoms with E-state index in [0.29, 0.717) is 11.3 Å². The van der Waals surface area contributed by atoms with Crippen LogP contribution in [0.5, 0.6) is 0 Å². The average Bonchev–Trinajstić information content (AvgIpc) is 3.07. The van der Waals surface area contributed by atoms with Crippen molar-refractivity contribution in [1.29, 1.82) is 0 Å². The molecule has 0 saturated heterocycles. The number of H-pyrrole nitrogens is 1. The molecule has 5 heteroatoms. The molecule has 4 nitrogen and oxygen atoms in total. The minimum atomic E-state index is -0.515. The van der Waals surface area contributed by atoms with Gasteiger partial charge in [0.25, 0.3) is 0 Å². The van der Waals surface area contributed by atoms with Crippen LogP contribution >= 0.6 is 15.9 Å². The van der Waals surface area contributed by atoms with Crippen LogP contribution in [0, 0.1) is 0 Å². The molecule has 0 atom stereocenters. The predicted octanol–water partition coefficient (Wildman–Crippen LogP) is 4.85. The van der Waals surface area contributed by atoms with Gasteiger partial charge in [0.05, 0.1) is 12.2 Å². The van der Waals surface area contributed by atoms with E-state index in [-0.39, 0.29) is 23.6 Å². The number of carbonyl (C=O) groups excluding carboxylic acids is 2. The van der Waals surface area contributed by atoms with Gasteiger partial charge in [-0.15, -0.1) is 0 Å². The molecular weight excluding hydrogens is 382 g/mol. The molecular formula is C20H16BrNO3. The summed E-state index contributed by atoms with van der Waals surface area (Å²) in [5.74, 6) is -0.760. The first kappa shape index (κ1) is 17.2. The molecule has 0 bridgehead atoms. The highest BCUT2D eigenvalue weighted by molar-refractivity contribution is 9.10. The smallest absolute Gasteiger partial charge is 0.340 e. The van der Waals surface area contributed by atoms with Crippen LogP contribution in [-0.2, 0) is 4.74 Å². The number of halogens is 1. The van der Waals surface area contributed by atoms with Crippen molar-refractivity contribution in [2.45, 2.75) is 6.92 Å². The Bertz CT molecular complexity index is 916. The lowest BCUT2D eigenvalue weighted by atomic mass is 10.1. The molecule has 0 radical (unpaired) electrons. The van der Waals surface area contributed by atoms with E-state index < -0.39 is 5.97 Å². The van der Waals surface area contributed by atoms with Gasteiger partial charge in [0.2, 0.25) is 5.78 Å². The average molecular weight is 398 g/mol. The number of nitrogens with one attached hydrogen (secondary N) is 1. The number of ether oxygens (including phenoxy) is 1. The topological polar surface area (TPSA) is 59.2 Å². The molecule has 1 aromatic heterocycles. The number of benzene rings is 2. The summed E-state index contributed by atoms with van der Waals surface area (Å²) in [6.45, 7) is 1.98. The van der Waals surface area contributed by atoms with E-state index in [1.54, 1.807) is 37.3 Å². The molecule has 25 heavy (non-hydrogen) atoms. The Labute approximate surface area is 154 Å². The Morgan fingerprint density at radius 1 is 1.04 bits per heavy atom.